The van der Waals surface area contributed by atoms with E-state index in [1.165, 1.54) is 0 Å². The van der Waals surface area contributed by atoms with Crippen molar-refractivity contribution in [2.45, 2.75) is 45.3 Å². The maximum atomic E-state index is 12.7. The van der Waals surface area contributed by atoms with Gasteiger partial charge in [0.05, 0.1) is 0 Å². The number of hydrogen-bond acceptors (Lipinski definition) is 3. The number of rotatable bonds is 3. The van der Waals surface area contributed by atoms with Crippen molar-refractivity contribution in [3.63, 3.8) is 0 Å². The molecule has 1 aliphatic heterocycles. The van der Waals surface area contributed by atoms with E-state index in [0.717, 1.165) is 31.5 Å². The second kappa shape index (κ2) is 6.81. The Labute approximate surface area is 131 Å². The number of carbonyl (C=O) groups is 2. The van der Waals surface area contributed by atoms with Crippen LogP contribution in [-0.4, -0.2) is 35.6 Å². The number of hydrogen-bond donors (Lipinski definition) is 1. The lowest BCUT2D eigenvalue weighted by molar-refractivity contribution is -0.132. The summed E-state index contributed by atoms with van der Waals surface area (Å²) in [5.41, 5.74) is 0.174. The van der Waals surface area contributed by atoms with Crippen molar-refractivity contribution < 1.29 is 14.3 Å². The SMILES string of the molecule is CC(C)(C)OC(=O)N[C@H](C(=O)N1CCCC1)c1ccccc1. The molecule has 0 radical (unpaired) electrons. The monoisotopic (exact) mass is 304 g/mol. The summed E-state index contributed by atoms with van der Waals surface area (Å²) in [6.45, 7) is 6.89. The smallest absolute Gasteiger partial charge is 0.408 e. The van der Waals surface area contributed by atoms with Crippen molar-refractivity contribution in [2.75, 3.05) is 13.1 Å². The van der Waals surface area contributed by atoms with E-state index in [0.29, 0.717) is 0 Å². The fraction of sp³-hybridized carbons (Fsp3) is 0.529. The number of amides is 2. The molecular formula is C17H24N2O3. The van der Waals surface area contributed by atoms with E-state index < -0.39 is 17.7 Å². The zero-order valence-electron chi connectivity index (χ0n) is 13.5. The molecule has 1 N–H and O–H groups in total. The van der Waals surface area contributed by atoms with Crippen molar-refractivity contribution in [3.05, 3.63) is 35.9 Å². The van der Waals surface area contributed by atoms with Gasteiger partial charge in [-0.3, -0.25) is 4.79 Å². The highest BCUT2D eigenvalue weighted by Gasteiger charge is 2.30. The highest BCUT2D eigenvalue weighted by Crippen LogP contribution is 2.20. The highest BCUT2D eigenvalue weighted by atomic mass is 16.6. The Hall–Kier alpha value is -2.04. The van der Waals surface area contributed by atoms with Crippen LogP contribution in [0, 0.1) is 0 Å². The first-order valence-electron chi connectivity index (χ1n) is 7.70. The number of benzene rings is 1. The van der Waals surface area contributed by atoms with Gasteiger partial charge < -0.3 is 15.0 Å². The van der Waals surface area contributed by atoms with E-state index in [2.05, 4.69) is 5.32 Å². The van der Waals surface area contributed by atoms with Gasteiger partial charge in [0.1, 0.15) is 11.6 Å². The van der Waals surface area contributed by atoms with Gasteiger partial charge in [0, 0.05) is 13.1 Å². The van der Waals surface area contributed by atoms with Crippen LogP contribution in [0.5, 0.6) is 0 Å². The average molecular weight is 304 g/mol. The van der Waals surface area contributed by atoms with E-state index in [1.54, 1.807) is 25.7 Å². The number of likely N-dealkylation sites (tertiary alicyclic amines) is 1. The molecular weight excluding hydrogens is 280 g/mol. The summed E-state index contributed by atoms with van der Waals surface area (Å²) in [7, 11) is 0. The Kier molecular flexibility index (Phi) is 5.06. The first kappa shape index (κ1) is 16.3. The van der Waals surface area contributed by atoms with Crippen LogP contribution in [-0.2, 0) is 9.53 Å². The molecule has 1 aromatic rings. The molecule has 0 aliphatic carbocycles. The van der Waals surface area contributed by atoms with Crippen molar-refractivity contribution in [1.82, 2.24) is 10.2 Å². The normalized spacial score (nSPS) is 16.2. The second-order valence-corrected chi connectivity index (χ2v) is 6.52. The quantitative estimate of drug-likeness (QED) is 0.934. The maximum absolute atomic E-state index is 12.7. The van der Waals surface area contributed by atoms with Gasteiger partial charge >= 0.3 is 6.09 Å². The Morgan fingerprint density at radius 1 is 1.14 bits per heavy atom. The molecule has 1 saturated heterocycles. The largest absolute Gasteiger partial charge is 0.444 e. The lowest BCUT2D eigenvalue weighted by atomic mass is 10.1. The molecule has 22 heavy (non-hydrogen) atoms. The third-order valence-corrected chi connectivity index (χ3v) is 3.46. The predicted octanol–water partition coefficient (Wildman–Crippen LogP) is 2.87. The Morgan fingerprint density at radius 3 is 2.27 bits per heavy atom. The van der Waals surface area contributed by atoms with Gasteiger partial charge in [-0.2, -0.15) is 0 Å². The fourth-order valence-corrected chi connectivity index (χ4v) is 2.48. The Balaban J connectivity index is 2.15. The van der Waals surface area contributed by atoms with Gasteiger partial charge in [0.25, 0.3) is 0 Å². The molecule has 1 fully saturated rings. The summed E-state index contributed by atoms with van der Waals surface area (Å²) in [5, 5.41) is 2.71. The van der Waals surface area contributed by atoms with Crippen LogP contribution in [0.25, 0.3) is 0 Å². The minimum absolute atomic E-state index is 0.0745. The van der Waals surface area contributed by atoms with E-state index in [4.69, 9.17) is 4.74 Å². The van der Waals surface area contributed by atoms with Crippen molar-refractivity contribution in [2.24, 2.45) is 0 Å². The molecule has 1 atom stereocenters. The molecule has 0 unspecified atom stereocenters. The Morgan fingerprint density at radius 2 is 1.73 bits per heavy atom. The summed E-state index contributed by atoms with van der Waals surface area (Å²) >= 11 is 0. The molecule has 0 saturated carbocycles. The van der Waals surface area contributed by atoms with Crippen LogP contribution < -0.4 is 5.32 Å². The fourth-order valence-electron chi connectivity index (χ4n) is 2.48. The number of ether oxygens (including phenoxy) is 1. The standard InChI is InChI=1S/C17H24N2O3/c1-17(2,3)22-16(21)18-14(13-9-5-4-6-10-13)15(20)19-11-7-8-12-19/h4-6,9-10,14H,7-8,11-12H2,1-3H3,(H,18,21)/t14-/m0/s1. The van der Waals surface area contributed by atoms with Gasteiger partial charge in [-0.1, -0.05) is 30.3 Å². The minimum atomic E-state index is -0.700. The van der Waals surface area contributed by atoms with Crippen LogP contribution in [0.2, 0.25) is 0 Å². The topological polar surface area (TPSA) is 58.6 Å². The molecule has 0 spiro atoms. The third kappa shape index (κ3) is 4.48. The van der Waals surface area contributed by atoms with Gasteiger partial charge in [0.2, 0.25) is 5.91 Å². The predicted molar refractivity (Wildman–Crippen MR) is 84.4 cm³/mol. The molecule has 1 aliphatic rings. The van der Waals surface area contributed by atoms with Crippen molar-refractivity contribution in [3.8, 4) is 0 Å². The van der Waals surface area contributed by atoms with Crippen LogP contribution >= 0.6 is 0 Å². The molecule has 0 bridgehead atoms. The van der Waals surface area contributed by atoms with Gasteiger partial charge in [0.15, 0.2) is 0 Å². The zero-order valence-corrected chi connectivity index (χ0v) is 13.5. The lowest BCUT2D eigenvalue weighted by Gasteiger charge is -2.26. The van der Waals surface area contributed by atoms with Crippen molar-refractivity contribution >= 4 is 12.0 Å². The van der Waals surface area contributed by atoms with Gasteiger partial charge in [-0.25, -0.2) is 4.79 Å². The van der Waals surface area contributed by atoms with E-state index in [-0.39, 0.29) is 5.91 Å². The summed E-state index contributed by atoms with van der Waals surface area (Å²) in [4.78, 5) is 26.6. The number of nitrogens with one attached hydrogen (secondary N) is 1. The van der Waals surface area contributed by atoms with Gasteiger partial charge in [-0.05, 0) is 39.2 Å². The first-order chi connectivity index (χ1) is 10.4. The molecule has 2 amide bonds. The van der Waals surface area contributed by atoms with Crippen LogP contribution in [0.15, 0.2) is 30.3 Å². The third-order valence-electron chi connectivity index (χ3n) is 3.46. The average Bonchev–Trinajstić information content (AvgIpc) is 2.97. The zero-order chi connectivity index (χ0) is 16.2. The lowest BCUT2D eigenvalue weighted by Crippen LogP contribution is -2.43. The molecule has 1 heterocycles. The van der Waals surface area contributed by atoms with E-state index >= 15 is 0 Å². The molecule has 2 rings (SSSR count). The van der Waals surface area contributed by atoms with E-state index in [9.17, 15) is 9.59 Å². The summed E-state index contributed by atoms with van der Waals surface area (Å²) in [6, 6.07) is 8.58. The van der Waals surface area contributed by atoms with Crippen LogP contribution in [0.3, 0.4) is 0 Å². The van der Waals surface area contributed by atoms with E-state index in [1.807, 2.05) is 30.3 Å². The second-order valence-electron chi connectivity index (χ2n) is 6.52. The number of alkyl carbamates (subject to hydrolysis) is 1. The summed E-state index contributed by atoms with van der Waals surface area (Å²) in [5.74, 6) is -0.0745. The highest BCUT2D eigenvalue weighted by molar-refractivity contribution is 5.87. The van der Waals surface area contributed by atoms with Crippen molar-refractivity contribution in [1.29, 1.82) is 0 Å². The first-order valence-corrected chi connectivity index (χ1v) is 7.70. The number of nitrogens with zero attached hydrogens (tertiary/aromatic N) is 1. The molecule has 5 nitrogen and oxygen atoms in total. The maximum Gasteiger partial charge on any atom is 0.408 e. The van der Waals surface area contributed by atoms with Crippen LogP contribution in [0.1, 0.15) is 45.2 Å². The van der Waals surface area contributed by atoms with Crippen LogP contribution in [0.4, 0.5) is 4.79 Å². The molecule has 0 aromatic heterocycles. The molecule has 1 aromatic carbocycles. The van der Waals surface area contributed by atoms with Gasteiger partial charge in [-0.15, -0.1) is 0 Å². The molecule has 5 heteroatoms. The Bertz CT molecular complexity index is 516. The summed E-state index contributed by atoms with van der Waals surface area (Å²) < 4.78 is 5.28. The molecule has 120 valence electrons. The summed E-state index contributed by atoms with van der Waals surface area (Å²) in [6.07, 6.45) is 1.45. The number of carbonyl (C=O) groups excluding carboxylic acids is 2. The minimum Gasteiger partial charge on any atom is -0.444 e.